The Labute approximate surface area is 117 Å². The van der Waals surface area contributed by atoms with E-state index in [0.717, 1.165) is 4.88 Å². The van der Waals surface area contributed by atoms with Gasteiger partial charge < -0.3 is 13.8 Å². The minimum atomic E-state index is -0.578. The molecule has 0 saturated carbocycles. The van der Waals surface area contributed by atoms with Crippen molar-refractivity contribution in [1.29, 1.82) is 0 Å². The highest BCUT2D eigenvalue weighted by atomic mass is 32.1. The normalized spacial score (nSPS) is 10.7. The zero-order valence-corrected chi connectivity index (χ0v) is 11.3. The SMILES string of the molecule is Cc1cc(C(=O)OCc2cc(-c3cccs3)on2)on1. The molecule has 0 N–H and O–H groups in total. The van der Waals surface area contributed by atoms with Crippen LogP contribution in [-0.2, 0) is 11.3 Å². The van der Waals surface area contributed by atoms with Crippen molar-refractivity contribution in [2.24, 2.45) is 0 Å². The Balaban J connectivity index is 1.63. The van der Waals surface area contributed by atoms with Crippen LogP contribution in [0.5, 0.6) is 0 Å². The van der Waals surface area contributed by atoms with Crippen LogP contribution in [0.15, 0.2) is 38.7 Å². The third-order valence-corrected chi connectivity index (χ3v) is 3.39. The van der Waals surface area contributed by atoms with Crippen molar-refractivity contribution >= 4 is 17.3 Å². The average Bonchev–Trinajstić information content (AvgIpc) is 3.16. The smallest absolute Gasteiger partial charge is 0.377 e. The van der Waals surface area contributed by atoms with Crippen LogP contribution in [-0.4, -0.2) is 16.3 Å². The average molecular weight is 290 g/mol. The van der Waals surface area contributed by atoms with Gasteiger partial charge in [-0.25, -0.2) is 4.79 Å². The number of hydrogen-bond acceptors (Lipinski definition) is 7. The summed E-state index contributed by atoms with van der Waals surface area (Å²) >= 11 is 1.55. The van der Waals surface area contributed by atoms with Crippen molar-refractivity contribution < 1.29 is 18.6 Å². The summed E-state index contributed by atoms with van der Waals surface area (Å²) in [6, 6.07) is 7.11. The van der Waals surface area contributed by atoms with E-state index in [1.165, 1.54) is 6.07 Å². The molecule has 20 heavy (non-hydrogen) atoms. The molecule has 0 unspecified atom stereocenters. The topological polar surface area (TPSA) is 78.4 Å². The summed E-state index contributed by atoms with van der Waals surface area (Å²) in [6.07, 6.45) is 0. The predicted octanol–water partition coefficient (Wildman–Crippen LogP) is 3.06. The lowest BCUT2D eigenvalue weighted by Crippen LogP contribution is -2.04. The monoisotopic (exact) mass is 290 g/mol. The van der Waals surface area contributed by atoms with Gasteiger partial charge in [-0.2, -0.15) is 0 Å². The largest absolute Gasteiger partial charge is 0.453 e. The minimum absolute atomic E-state index is 0.0213. The van der Waals surface area contributed by atoms with Gasteiger partial charge in [0, 0.05) is 12.1 Å². The van der Waals surface area contributed by atoms with Crippen molar-refractivity contribution in [2.75, 3.05) is 0 Å². The second-order valence-electron chi connectivity index (χ2n) is 4.07. The van der Waals surface area contributed by atoms with Gasteiger partial charge in [-0.05, 0) is 18.4 Å². The second kappa shape index (κ2) is 5.30. The molecule has 0 spiro atoms. The number of ether oxygens (including phenoxy) is 1. The van der Waals surface area contributed by atoms with E-state index < -0.39 is 5.97 Å². The summed E-state index contributed by atoms with van der Waals surface area (Å²) in [7, 11) is 0. The lowest BCUT2D eigenvalue weighted by molar-refractivity contribution is 0.0417. The molecule has 102 valence electrons. The first-order valence-electron chi connectivity index (χ1n) is 5.82. The lowest BCUT2D eigenvalue weighted by atomic mass is 10.3. The summed E-state index contributed by atoms with van der Waals surface area (Å²) in [5.74, 6) is 0.150. The standard InChI is InChI=1S/C13H10N2O4S/c1-8-5-11(19-14-8)13(16)17-7-9-6-10(18-15-9)12-3-2-4-20-12/h2-6H,7H2,1H3. The van der Waals surface area contributed by atoms with E-state index in [-0.39, 0.29) is 12.4 Å². The Morgan fingerprint density at radius 2 is 2.25 bits per heavy atom. The zero-order chi connectivity index (χ0) is 13.9. The fraction of sp³-hybridized carbons (Fsp3) is 0.154. The van der Waals surface area contributed by atoms with Gasteiger partial charge in [-0.3, -0.25) is 0 Å². The van der Waals surface area contributed by atoms with Crippen LogP contribution in [0.4, 0.5) is 0 Å². The molecular formula is C13H10N2O4S. The molecule has 7 heteroatoms. The molecule has 0 atom stereocenters. The van der Waals surface area contributed by atoms with Gasteiger partial charge in [0.05, 0.1) is 10.6 Å². The quantitative estimate of drug-likeness (QED) is 0.687. The van der Waals surface area contributed by atoms with Gasteiger partial charge in [0.1, 0.15) is 12.3 Å². The third-order valence-electron chi connectivity index (χ3n) is 2.50. The molecule has 0 aliphatic carbocycles. The second-order valence-corrected chi connectivity index (χ2v) is 5.02. The number of esters is 1. The Morgan fingerprint density at radius 1 is 1.35 bits per heavy atom. The van der Waals surface area contributed by atoms with Crippen molar-refractivity contribution in [3.63, 3.8) is 0 Å². The van der Waals surface area contributed by atoms with Crippen molar-refractivity contribution in [1.82, 2.24) is 10.3 Å². The van der Waals surface area contributed by atoms with Gasteiger partial charge in [0.15, 0.2) is 5.76 Å². The summed E-state index contributed by atoms with van der Waals surface area (Å²) in [5, 5.41) is 9.42. The number of carbonyl (C=O) groups is 1. The highest BCUT2D eigenvalue weighted by Gasteiger charge is 2.15. The van der Waals surface area contributed by atoms with Crippen LogP contribution in [0, 0.1) is 6.92 Å². The van der Waals surface area contributed by atoms with Crippen LogP contribution in [0.1, 0.15) is 21.9 Å². The number of nitrogens with zero attached hydrogens (tertiary/aromatic N) is 2. The Morgan fingerprint density at radius 3 is 2.95 bits per heavy atom. The van der Waals surface area contributed by atoms with Crippen LogP contribution in [0.25, 0.3) is 10.6 Å². The van der Waals surface area contributed by atoms with Crippen LogP contribution < -0.4 is 0 Å². The van der Waals surface area contributed by atoms with E-state index in [9.17, 15) is 4.79 Å². The number of aryl methyl sites for hydroxylation is 1. The molecule has 3 aromatic rings. The molecule has 0 saturated heterocycles. The van der Waals surface area contributed by atoms with Gasteiger partial charge in [0.25, 0.3) is 0 Å². The molecule has 0 radical (unpaired) electrons. The van der Waals surface area contributed by atoms with E-state index in [4.69, 9.17) is 13.8 Å². The maximum atomic E-state index is 11.7. The Hall–Kier alpha value is -2.41. The number of carbonyl (C=O) groups excluding carboxylic acids is 1. The van der Waals surface area contributed by atoms with Crippen LogP contribution in [0.3, 0.4) is 0 Å². The first kappa shape index (κ1) is 12.6. The van der Waals surface area contributed by atoms with Crippen molar-refractivity contribution in [3.05, 3.63) is 46.8 Å². The van der Waals surface area contributed by atoms with Crippen molar-refractivity contribution in [3.8, 4) is 10.6 Å². The maximum Gasteiger partial charge on any atom is 0.377 e. The van der Waals surface area contributed by atoms with Gasteiger partial charge in [0.2, 0.25) is 5.76 Å². The molecular weight excluding hydrogens is 280 g/mol. The van der Waals surface area contributed by atoms with E-state index in [1.807, 2.05) is 17.5 Å². The summed E-state index contributed by atoms with van der Waals surface area (Å²) in [4.78, 5) is 12.6. The molecule has 0 amide bonds. The molecule has 0 aromatic carbocycles. The van der Waals surface area contributed by atoms with Crippen molar-refractivity contribution in [2.45, 2.75) is 13.5 Å². The zero-order valence-electron chi connectivity index (χ0n) is 10.5. The van der Waals surface area contributed by atoms with E-state index in [1.54, 1.807) is 24.3 Å². The van der Waals surface area contributed by atoms with Gasteiger partial charge in [-0.15, -0.1) is 11.3 Å². The number of hydrogen-bond donors (Lipinski definition) is 0. The predicted molar refractivity (Wildman–Crippen MR) is 70.2 cm³/mol. The number of thiophene rings is 1. The van der Waals surface area contributed by atoms with Gasteiger partial charge in [-0.1, -0.05) is 16.4 Å². The molecule has 6 nitrogen and oxygen atoms in total. The number of rotatable bonds is 4. The summed E-state index contributed by atoms with van der Waals surface area (Å²) < 4.78 is 15.1. The van der Waals surface area contributed by atoms with Crippen LogP contribution >= 0.6 is 11.3 Å². The Kier molecular flexibility index (Phi) is 3.34. The van der Waals surface area contributed by atoms with Crippen LogP contribution in [0.2, 0.25) is 0 Å². The Bertz CT molecular complexity index is 714. The molecule has 3 aromatic heterocycles. The fourth-order valence-corrected chi connectivity index (χ4v) is 2.26. The van der Waals surface area contributed by atoms with Gasteiger partial charge >= 0.3 is 5.97 Å². The molecule has 0 fully saturated rings. The summed E-state index contributed by atoms with van der Waals surface area (Å²) in [5.41, 5.74) is 1.16. The molecule has 3 rings (SSSR count). The molecule has 3 heterocycles. The van der Waals surface area contributed by atoms with E-state index >= 15 is 0 Å². The third kappa shape index (κ3) is 2.62. The summed E-state index contributed by atoms with van der Waals surface area (Å²) in [6.45, 7) is 1.75. The van der Waals surface area contributed by atoms with E-state index in [2.05, 4.69) is 10.3 Å². The first-order valence-corrected chi connectivity index (χ1v) is 6.70. The minimum Gasteiger partial charge on any atom is -0.453 e. The molecule has 0 aliphatic heterocycles. The number of aromatic nitrogens is 2. The molecule has 0 aliphatic rings. The molecule has 0 bridgehead atoms. The highest BCUT2D eigenvalue weighted by Crippen LogP contribution is 2.25. The first-order chi connectivity index (χ1) is 9.72. The fourth-order valence-electron chi connectivity index (χ4n) is 1.59. The maximum absolute atomic E-state index is 11.7. The van der Waals surface area contributed by atoms with E-state index in [0.29, 0.717) is 17.1 Å². The lowest BCUT2D eigenvalue weighted by Gasteiger charge is -1.97. The highest BCUT2D eigenvalue weighted by molar-refractivity contribution is 7.13.